The number of esters is 1. The lowest BCUT2D eigenvalue weighted by Gasteiger charge is -2.33. The molecule has 0 bridgehead atoms. The lowest BCUT2D eigenvalue weighted by atomic mass is 9.86. The van der Waals surface area contributed by atoms with Crippen molar-refractivity contribution in [2.75, 3.05) is 4.90 Å². The molecular formula is C30H26ClF2N5O5. The highest BCUT2D eigenvalue weighted by Gasteiger charge is 2.52. The van der Waals surface area contributed by atoms with E-state index in [1.807, 2.05) is 6.92 Å². The van der Waals surface area contributed by atoms with Gasteiger partial charge in [0.15, 0.2) is 11.4 Å². The van der Waals surface area contributed by atoms with Crippen LogP contribution in [0.3, 0.4) is 0 Å². The maximum Gasteiger partial charge on any atom is 0.482 e. The van der Waals surface area contributed by atoms with Crippen molar-refractivity contribution in [1.82, 2.24) is 15.0 Å². The number of carbonyl (C=O) groups excluding carboxylic acids is 3. The number of primary amides is 1. The summed E-state index contributed by atoms with van der Waals surface area (Å²) in [5.41, 5.74) is 6.32. The molecule has 2 amide bonds. The molecule has 3 aromatic rings. The Hall–Kier alpha value is -4.19. The van der Waals surface area contributed by atoms with E-state index in [4.69, 9.17) is 31.8 Å². The van der Waals surface area contributed by atoms with Crippen molar-refractivity contribution >= 4 is 35.1 Å². The van der Waals surface area contributed by atoms with Gasteiger partial charge in [-0.15, -0.1) is 0 Å². The molecule has 1 atom stereocenters. The minimum atomic E-state index is -4.20. The Morgan fingerprint density at radius 2 is 1.79 bits per heavy atom. The number of benzene rings is 1. The summed E-state index contributed by atoms with van der Waals surface area (Å²) in [7, 11) is 0. The molecule has 10 nitrogen and oxygen atoms in total. The Morgan fingerprint density at radius 1 is 1.09 bits per heavy atom. The Balaban J connectivity index is 1.39. The fourth-order valence-electron chi connectivity index (χ4n) is 5.97. The molecule has 0 radical (unpaired) electrons. The highest BCUT2D eigenvalue weighted by molar-refractivity contribution is 6.30. The van der Waals surface area contributed by atoms with Crippen molar-refractivity contribution in [3.8, 4) is 16.9 Å². The van der Waals surface area contributed by atoms with Crippen LogP contribution in [0.25, 0.3) is 11.1 Å². The van der Waals surface area contributed by atoms with E-state index < -0.39 is 29.5 Å². The molecule has 7 rings (SSSR count). The molecule has 0 saturated heterocycles. The van der Waals surface area contributed by atoms with Gasteiger partial charge in [-0.3, -0.25) is 19.5 Å². The van der Waals surface area contributed by atoms with E-state index in [0.29, 0.717) is 36.1 Å². The number of rotatable bonds is 8. The molecule has 4 heterocycles. The van der Waals surface area contributed by atoms with Crippen LogP contribution < -0.4 is 15.4 Å². The molecule has 2 fully saturated rings. The maximum atomic E-state index is 14.9. The van der Waals surface area contributed by atoms with Gasteiger partial charge in [0.05, 0.1) is 39.8 Å². The van der Waals surface area contributed by atoms with Crippen LogP contribution in [0.1, 0.15) is 77.0 Å². The lowest BCUT2D eigenvalue weighted by Crippen LogP contribution is -2.50. The standard InChI is InChI=1S/C30H26ClF2N5O5/c1-29(10-15-4-5-15)25-24(27(40)43-29)22(23(26(34)39)18(37-25)8-14-2-3-14)16-6-7-19-20(9-16)42-30(32,33)28(41)38(19)13-21-35-11-17(31)12-36-21/h6-7,9,11-12,14-15H,2-5,8,10,13H2,1H3,(H2,34,39)/t29-/m1/s1. The van der Waals surface area contributed by atoms with Crippen LogP contribution in [0.5, 0.6) is 5.75 Å². The summed E-state index contributed by atoms with van der Waals surface area (Å²) in [5, 5.41) is 0.246. The van der Waals surface area contributed by atoms with E-state index >= 15 is 0 Å². The predicted molar refractivity (Wildman–Crippen MR) is 149 cm³/mol. The van der Waals surface area contributed by atoms with Gasteiger partial charge >= 0.3 is 18.0 Å². The van der Waals surface area contributed by atoms with Crippen molar-refractivity contribution in [3.05, 3.63) is 64.0 Å². The lowest BCUT2D eigenvalue weighted by molar-refractivity contribution is -0.193. The van der Waals surface area contributed by atoms with Gasteiger partial charge in [0.2, 0.25) is 0 Å². The molecule has 2 aromatic heterocycles. The van der Waals surface area contributed by atoms with E-state index in [0.717, 1.165) is 30.6 Å². The smallest absolute Gasteiger partial charge is 0.449 e. The van der Waals surface area contributed by atoms with Gasteiger partial charge in [-0.05, 0) is 62.1 Å². The minimum absolute atomic E-state index is 0.0314. The zero-order valence-corrected chi connectivity index (χ0v) is 23.8. The Bertz CT molecular complexity index is 1710. The summed E-state index contributed by atoms with van der Waals surface area (Å²) in [5.74, 6) is -2.61. The number of hydrogen-bond acceptors (Lipinski definition) is 8. The van der Waals surface area contributed by atoms with Gasteiger partial charge in [0, 0.05) is 18.0 Å². The fourth-order valence-corrected chi connectivity index (χ4v) is 6.07. The second-order valence-corrected chi connectivity index (χ2v) is 12.3. The van der Waals surface area contributed by atoms with Gasteiger partial charge < -0.3 is 15.2 Å². The summed E-state index contributed by atoms with van der Waals surface area (Å²) < 4.78 is 40.7. The first-order valence-electron chi connectivity index (χ1n) is 14.0. The van der Waals surface area contributed by atoms with E-state index in [2.05, 4.69) is 9.97 Å². The zero-order chi connectivity index (χ0) is 30.3. The SMILES string of the molecule is C[C@]1(CC2CC2)OC(=O)c2c1nc(CC1CC1)c(C(N)=O)c2-c1ccc2c(c1)OC(F)(F)C(=O)N2Cc1ncc(Cl)cn1. The molecular weight excluding hydrogens is 584 g/mol. The molecule has 43 heavy (non-hydrogen) atoms. The largest absolute Gasteiger partial charge is 0.482 e. The maximum absolute atomic E-state index is 14.9. The normalized spacial score (nSPS) is 22.1. The number of hydrogen-bond donors (Lipinski definition) is 1. The van der Waals surface area contributed by atoms with Crippen LogP contribution in [0.15, 0.2) is 30.6 Å². The van der Waals surface area contributed by atoms with Crippen LogP contribution >= 0.6 is 11.6 Å². The molecule has 2 saturated carbocycles. The molecule has 2 aliphatic heterocycles. The average Bonchev–Trinajstić information content (AvgIpc) is 3.88. The van der Waals surface area contributed by atoms with Gasteiger partial charge in [0.1, 0.15) is 5.82 Å². The number of alkyl halides is 2. The van der Waals surface area contributed by atoms with Gasteiger partial charge in [-0.2, -0.15) is 8.78 Å². The van der Waals surface area contributed by atoms with E-state index in [1.54, 1.807) is 0 Å². The average molecular weight is 610 g/mol. The number of aromatic nitrogens is 3. The number of carbonyl (C=O) groups is 3. The van der Waals surface area contributed by atoms with Gasteiger partial charge in [-0.1, -0.05) is 30.5 Å². The third-order valence-electron chi connectivity index (χ3n) is 8.34. The van der Waals surface area contributed by atoms with E-state index in [1.165, 1.54) is 30.6 Å². The Labute approximate surface area is 249 Å². The predicted octanol–water partition coefficient (Wildman–Crippen LogP) is 4.95. The number of nitrogens with two attached hydrogens (primary N) is 1. The molecule has 13 heteroatoms. The van der Waals surface area contributed by atoms with Crippen LogP contribution in [0.4, 0.5) is 14.5 Å². The van der Waals surface area contributed by atoms with E-state index in [-0.39, 0.29) is 51.1 Å². The molecule has 222 valence electrons. The summed E-state index contributed by atoms with van der Waals surface area (Å²) in [6.45, 7) is 1.44. The second-order valence-electron chi connectivity index (χ2n) is 11.8. The number of halogens is 3. The minimum Gasteiger partial charge on any atom is -0.449 e. The van der Waals surface area contributed by atoms with Crippen molar-refractivity contribution < 1.29 is 32.6 Å². The first-order chi connectivity index (χ1) is 20.4. The number of ether oxygens (including phenoxy) is 2. The first-order valence-corrected chi connectivity index (χ1v) is 14.4. The molecule has 0 unspecified atom stereocenters. The third-order valence-corrected chi connectivity index (χ3v) is 8.54. The van der Waals surface area contributed by atoms with Crippen molar-refractivity contribution in [2.24, 2.45) is 17.6 Å². The van der Waals surface area contributed by atoms with Gasteiger partial charge in [-0.25, -0.2) is 14.8 Å². The Kier molecular flexibility index (Phi) is 6.21. The topological polar surface area (TPSA) is 138 Å². The number of anilines is 1. The second kappa shape index (κ2) is 9.66. The zero-order valence-electron chi connectivity index (χ0n) is 23.0. The molecule has 2 N–H and O–H groups in total. The number of nitrogens with zero attached hydrogens (tertiary/aromatic N) is 4. The number of fused-ring (bicyclic) bond motifs is 2. The molecule has 0 spiro atoms. The van der Waals surface area contributed by atoms with E-state index in [9.17, 15) is 23.2 Å². The van der Waals surface area contributed by atoms with Crippen LogP contribution in [0, 0.1) is 11.8 Å². The summed E-state index contributed by atoms with van der Waals surface area (Å²) in [6, 6.07) is 4.22. The fraction of sp³-hybridized carbons (Fsp3) is 0.400. The summed E-state index contributed by atoms with van der Waals surface area (Å²) in [4.78, 5) is 52.9. The summed E-state index contributed by atoms with van der Waals surface area (Å²) in [6.07, 6.45) is 3.45. The summed E-state index contributed by atoms with van der Waals surface area (Å²) >= 11 is 5.84. The molecule has 2 aliphatic carbocycles. The molecule has 1 aromatic carbocycles. The highest BCUT2D eigenvalue weighted by Crippen LogP contribution is 2.51. The van der Waals surface area contributed by atoms with Crippen LogP contribution in [-0.2, 0) is 28.1 Å². The number of amides is 2. The highest BCUT2D eigenvalue weighted by atomic mass is 35.5. The Morgan fingerprint density at radius 3 is 2.44 bits per heavy atom. The van der Waals surface area contributed by atoms with Crippen molar-refractivity contribution in [3.63, 3.8) is 0 Å². The van der Waals surface area contributed by atoms with Crippen LogP contribution in [-0.4, -0.2) is 38.8 Å². The van der Waals surface area contributed by atoms with Crippen molar-refractivity contribution in [1.29, 1.82) is 0 Å². The first kappa shape index (κ1) is 27.6. The van der Waals surface area contributed by atoms with Crippen molar-refractivity contribution in [2.45, 2.75) is 63.7 Å². The molecule has 4 aliphatic rings. The van der Waals surface area contributed by atoms with Crippen LogP contribution in [0.2, 0.25) is 5.02 Å². The monoisotopic (exact) mass is 609 g/mol. The van der Waals surface area contributed by atoms with Gasteiger partial charge in [0.25, 0.3) is 5.91 Å². The third kappa shape index (κ3) is 4.87. The quantitative estimate of drug-likeness (QED) is 0.354. The number of cyclic esters (lactones) is 1. The number of pyridine rings is 1.